The minimum atomic E-state index is -0.215. The summed E-state index contributed by atoms with van der Waals surface area (Å²) in [6.45, 7) is 0.804. The lowest BCUT2D eigenvalue weighted by Gasteiger charge is -2.12. The molecule has 1 aromatic heterocycles. The second-order valence-electron chi connectivity index (χ2n) is 5.13. The van der Waals surface area contributed by atoms with Crippen LogP contribution < -0.4 is 10.6 Å². The van der Waals surface area contributed by atoms with Gasteiger partial charge in [0.05, 0.1) is 11.1 Å². The topological polar surface area (TPSA) is 54.0 Å². The SMILES string of the molecule is O=C(Nc1ncccc1Cl)[C@@H]1C[C@@H](c2ccccc2)CN1. The number of aromatic nitrogens is 1. The summed E-state index contributed by atoms with van der Waals surface area (Å²) >= 11 is 6.00. The molecule has 0 radical (unpaired) electrons. The average Bonchev–Trinajstić information content (AvgIpc) is 3.00. The zero-order chi connectivity index (χ0) is 14.7. The molecule has 1 amide bonds. The van der Waals surface area contributed by atoms with Gasteiger partial charge in [0, 0.05) is 12.7 Å². The number of carbonyl (C=O) groups is 1. The van der Waals surface area contributed by atoms with Crippen molar-refractivity contribution in [1.82, 2.24) is 10.3 Å². The van der Waals surface area contributed by atoms with E-state index in [0.29, 0.717) is 16.8 Å². The molecule has 1 saturated heterocycles. The number of anilines is 1. The van der Waals surface area contributed by atoms with Crippen LogP contribution in [0.1, 0.15) is 17.9 Å². The fourth-order valence-corrected chi connectivity index (χ4v) is 2.76. The number of pyridine rings is 1. The van der Waals surface area contributed by atoms with Gasteiger partial charge >= 0.3 is 0 Å². The van der Waals surface area contributed by atoms with Crippen LogP contribution in [0.15, 0.2) is 48.7 Å². The van der Waals surface area contributed by atoms with E-state index >= 15 is 0 Å². The molecule has 2 N–H and O–H groups in total. The van der Waals surface area contributed by atoms with Gasteiger partial charge in [-0.15, -0.1) is 0 Å². The molecule has 2 heterocycles. The van der Waals surface area contributed by atoms with Crippen molar-refractivity contribution < 1.29 is 4.79 Å². The molecule has 0 saturated carbocycles. The summed E-state index contributed by atoms with van der Waals surface area (Å²) < 4.78 is 0. The van der Waals surface area contributed by atoms with Crippen molar-refractivity contribution in [2.75, 3.05) is 11.9 Å². The number of nitrogens with one attached hydrogen (secondary N) is 2. The van der Waals surface area contributed by atoms with Gasteiger partial charge < -0.3 is 10.6 Å². The van der Waals surface area contributed by atoms with Crippen LogP contribution in [-0.2, 0) is 4.79 Å². The normalized spacial score (nSPS) is 21.2. The van der Waals surface area contributed by atoms with Crippen LogP contribution in [0.4, 0.5) is 5.82 Å². The van der Waals surface area contributed by atoms with Gasteiger partial charge in [0.2, 0.25) is 5.91 Å². The first-order valence-electron chi connectivity index (χ1n) is 6.94. The summed E-state index contributed by atoms with van der Waals surface area (Å²) in [5.41, 5.74) is 1.26. The van der Waals surface area contributed by atoms with Gasteiger partial charge in [-0.25, -0.2) is 4.98 Å². The Labute approximate surface area is 128 Å². The molecule has 0 spiro atoms. The van der Waals surface area contributed by atoms with Crippen molar-refractivity contribution in [3.63, 3.8) is 0 Å². The summed E-state index contributed by atoms with van der Waals surface area (Å²) in [4.78, 5) is 16.3. The van der Waals surface area contributed by atoms with E-state index in [1.165, 1.54) is 5.56 Å². The molecule has 3 rings (SSSR count). The first kappa shape index (κ1) is 14.0. The molecule has 0 bridgehead atoms. The zero-order valence-electron chi connectivity index (χ0n) is 11.4. The van der Waals surface area contributed by atoms with E-state index in [9.17, 15) is 4.79 Å². The molecule has 5 heteroatoms. The Hall–Kier alpha value is -1.91. The largest absolute Gasteiger partial charge is 0.308 e. The molecule has 2 aromatic rings. The van der Waals surface area contributed by atoms with E-state index in [1.807, 2.05) is 18.2 Å². The summed E-state index contributed by atoms with van der Waals surface area (Å²) in [5, 5.41) is 6.49. The van der Waals surface area contributed by atoms with Crippen molar-refractivity contribution in [3.05, 3.63) is 59.2 Å². The minimum Gasteiger partial charge on any atom is -0.308 e. The lowest BCUT2D eigenvalue weighted by Crippen LogP contribution is -2.35. The standard InChI is InChI=1S/C16H16ClN3O/c17-13-7-4-8-18-15(13)20-16(21)14-9-12(10-19-14)11-5-2-1-3-6-11/h1-8,12,14,19H,9-10H2,(H,18,20,21)/t12-,14+/m1/s1. The Kier molecular flexibility index (Phi) is 4.18. The molecule has 21 heavy (non-hydrogen) atoms. The number of hydrogen-bond acceptors (Lipinski definition) is 3. The van der Waals surface area contributed by atoms with Gasteiger partial charge in [-0.05, 0) is 30.0 Å². The zero-order valence-corrected chi connectivity index (χ0v) is 12.2. The van der Waals surface area contributed by atoms with E-state index in [0.717, 1.165) is 13.0 Å². The third kappa shape index (κ3) is 3.23. The molecule has 0 aliphatic carbocycles. The van der Waals surface area contributed by atoms with Crippen LogP contribution in [0.5, 0.6) is 0 Å². The average molecular weight is 302 g/mol. The quantitative estimate of drug-likeness (QED) is 0.916. The maximum absolute atomic E-state index is 12.3. The van der Waals surface area contributed by atoms with Crippen LogP contribution in [0, 0.1) is 0 Å². The van der Waals surface area contributed by atoms with Crippen molar-refractivity contribution in [2.45, 2.75) is 18.4 Å². The summed E-state index contributed by atoms with van der Waals surface area (Å²) in [6.07, 6.45) is 2.39. The number of benzene rings is 1. The van der Waals surface area contributed by atoms with E-state index in [1.54, 1.807) is 18.3 Å². The molecule has 4 nitrogen and oxygen atoms in total. The highest BCUT2D eigenvalue weighted by Gasteiger charge is 2.30. The van der Waals surface area contributed by atoms with E-state index in [-0.39, 0.29) is 11.9 Å². The molecule has 108 valence electrons. The highest BCUT2D eigenvalue weighted by molar-refractivity contribution is 6.33. The Balaban J connectivity index is 1.64. The molecule has 1 aliphatic rings. The molecule has 1 aliphatic heterocycles. The maximum atomic E-state index is 12.3. The molecular formula is C16H16ClN3O. The number of hydrogen-bond donors (Lipinski definition) is 2. The predicted molar refractivity (Wildman–Crippen MR) is 83.5 cm³/mol. The highest BCUT2D eigenvalue weighted by Crippen LogP contribution is 2.26. The number of halogens is 1. The Morgan fingerprint density at radius 3 is 2.81 bits per heavy atom. The summed E-state index contributed by atoms with van der Waals surface area (Å²) in [6, 6.07) is 13.5. The molecule has 1 aromatic carbocycles. The van der Waals surface area contributed by atoms with E-state index < -0.39 is 0 Å². The highest BCUT2D eigenvalue weighted by atomic mass is 35.5. The van der Waals surface area contributed by atoms with Crippen LogP contribution in [0.3, 0.4) is 0 Å². The molecule has 2 atom stereocenters. The number of rotatable bonds is 3. The Morgan fingerprint density at radius 1 is 1.24 bits per heavy atom. The minimum absolute atomic E-state index is 0.0889. The number of nitrogens with zero attached hydrogens (tertiary/aromatic N) is 1. The molecule has 0 unspecified atom stereocenters. The van der Waals surface area contributed by atoms with Crippen LogP contribution in [-0.4, -0.2) is 23.5 Å². The van der Waals surface area contributed by atoms with Gasteiger partial charge in [0.25, 0.3) is 0 Å². The van der Waals surface area contributed by atoms with Crippen LogP contribution in [0.2, 0.25) is 5.02 Å². The lowest BCUT2D eigenvalue weighted by molar-refractivity contribution is -0.117. The monoisotopic (exact) mass is 301 g/mol. The summed E-state index contributed by atoms with van der Waals surface area (Å²) in [7, 11) is 0. The van der Waals surface area contributed by atoms with Crippen molar-refractivity contribution in [3.8, 4) is 0 Å². The van der Waals surface area contributed by atoms with E-state index in [2.05, 4.69) is 27.8 Å². The van der Waals surface area contributed by atoms with Crippen LogP contribution in [0.25, 0.3) is 0 Å². The van der Waals surface area contributed by atoms with Gasteiger partial charge in [-0.2, -0.15) is 0 Å². The predicted octanol–water partition coefficient (Wildman–Crippen LogP) is 2.82. The van der Waals surface area contributed by atoms with E-state index in [4.69, 9.17) is 11.6 Å². The third-order valence-electron chi connectivity index (χ3n) is 3.72. The van der Waals surface area contributed by atoms with Crippen molar-refractivity contribution in [2.24, 2.45) is 0 Å². The smallest absolute Gasteiger partial charge is 0.242 e. The lowest BCUT2D eigenvalue weighted by atomic mass is 9.96. The van der Waals surface area contributed by atoms with Crippen molar-refractivity contribution in [1.29, 1.82) is 0 Å². The first-order valence-corrected chi connectivity index (χ1v) is 7.31. The van der Waals surface area contributed by atoms with Gasteiger partial charge in [0.1, 0.15) is 0 Å². The van der Waals surface area contributed by atoms with Gasteiger partial charge in [0.15, 0.2) is 5.82 Å². The molecule has 1 fully saturated rings. The fourth-order valence-electron chi connectivity index (χ4n) is 2.60. The van der Waals surface area contributed by atoms with Crippen molar-refractivity contribution >= 4 is 23.3 Å². The second-order valence-corrected chi connectivity index (χ2v) is 5.53. The second kappa shape index (κ2) is 6.24. The maximum Gasteiger partial charge on any atom is 0.242 e. The molecular weight excluding hydrogens is 286 g/mol. The first-order chi connectivity index (χ1) is 10.2. The number of amides is 1. The van der Waals surface area contributed by atoms with Crippen LogP contribution >= 0.6 is 11.6 Å². The Morgan fingerprint density at radius 2 is 2.05 bits per heavy atom. The fraction of sp³-hybridized carbons (Fsp3) is 0.250. The number of carbonyl (C=O) groups excluding carboxylic acids is 1. The summed E-state index contributed by atoms with van der Waals surface area (Å²) in [5.74, 6) is 0.685. The van der Waals surface area contributed by atoms with Gasteiger partial charge in [-0.1, -0.05) is 41.9 Å². The third-order valence-corrected chi connectivity index (χ3v) is 4.02. The Bertz CT molecular complexity index is 632. The van der Waals surface area contributed by atoms with Gasteiger partial charge in [-0.3, -0.25) is 4.79 Å².